The van der Waals surface area contributed by atoms with Crippen LogP contribution in [0.2, 0.25) is 0 Å². The Kier molecular flexibility index (Phi) is 3.94. The zero-order chi connectivity index (χ0) is 14.5. The Morgan fingerprint density at radius 2 is 2.00 bits per heavy atom. The summed E-state index contributed by atoms with van der Waals surface area (Å²) in [6, 6.07) is 6.79. The van der Waals surface area contributed by atoms with E-state index >= 15 is 0 Å². The zero-order valence-electron chi connectivity index (χ0n) is 10.8. The van der Waals surface area contributed by atoms with Crippen molar-refractivity contribution in [3.8, 4) is 0 Å². The molecular weight excluding hydrogens is 260 g/mol. The average Bonchev–Trinajstić information content (AvgIpc) is 2.86. The van der Waals surface area contributed by atoms with E-state index in [2.05, 4.69) is 25.8 Å². The van der Waals surface area contributed by atoms with Crippen LogP contribution in [0.3, 0.4) is 0 Å². The van der Waals surface area contributed by atoms with Crippen LogP contribution >= 0.6 is 0 Å². The van der Waals surface area contributed by atoms with Gasteiger partial charge in [-0.3, -0.25) is 14.7 Å². The van der Waals surface area contributed by atoms with E-state index in [1.165, 1.54) is 0 Å². The maximum absolute atomic E-state index is 11.8. The van der Waals surface area contributed by atoms with E-state index in [0.717, 1.165) is 0 Å². The Bertz CT molecular complexity index is 636. The maximum atomic E-state index is 11.8. The minimum Gasteiger partial charge on any atom is -0.366 e. The van der Waals surface area contributed by atoms with Crippen LogP contribution in [-0.2, 0) is 4.79 Å². The Morgan fingerprint density at radius 3 is 2.60 bits per heavy atom. The standard InChI is InChI=1S/C12H14N6O2/c1-2-9(19)14-7-4-3-5-8(6-7)15-11(20)10-16-12(13)18-17-10/h3-6H,2H2,1H3,(H,14,19)(H,15,20)(H3,13,16,17,18). The van der Waals surface area contributed by atoms with Crippen LogP contribution in [0, 0.1) is 0 Å². The number of nitrogens with two attached hydrogens (primary N) is 1. The highest BCUT2D eigenvalue weighted by Gasteiger charge is 2.11. The molecule has 5 N–H and O–H groups in total. The van der Waals surface area contributed by atoms with Gasteiger partial charge in [0.15, 0.2) is 0 Å². The van der Waals surface area contributed by atoms with Crippen molar-refractivity contribution >= 4 is 29.1 Å². The van der Waals surface area contributed by atoms with Crippen LogP contribution in [0.1, 0.15) is 24.0 Å². The van der Waals surface area contributed by atoms with Crippen LogP contribution in [0.4, 0.5) is 17.3 Å². The number of benzene rings is 1. The van der Waals surface area contributed by atoms with Gasteiger partial charge in [-0.15, -0.1) is 5.10 Å². The van der Waals surface area contributed by atoms with Gasteiger partial charge in [0, 0.05) is 17.8 Å². The van der Waals surface area contributed by atoms with Gasteiger partial charge in [-0.25, -0.2) is 0 Å². The molecule has 2 aromatic rings. The van der Waals surface area contributed by atoms with Crippen LogP contribution < -0.4 is 16.4 Å². The number of hydrogen-bond donors (Lipinski definition) is 4. The van der Waals surface area contributed by atoms with Crippen molar-refractivity contribution in [1.82, 2.24) is 15.2 Å². The number of rotatable bonds is 4. The molecule has 0 radical (unpaired) electrons. The fourth-order valence-electron chi connectivity index (χ4n) is 1.49. The molecule has 8 heteroatoms. The monoisotopic (exact) mass is 274 g/mol. The van der Waals surface area contributed by atoms with E-state index in [1.54, 1.807) is 31.2 Å². The Morgan fingerprint density at radius 1 is 1.30 bits per heavy atom. The highest BCUT2D eigenvalue weighted by molar-refractivity contribution is 6.02. The summed E-state index contributed by atoms with van der Waals surface area (Å²) in [5, 5.41) is 11.3. The van der Waals surface area contributed by atoms with Crippen molar-refractivity contribution in [1.29, 1.82) is 0 Å². The lowest BCUT2D eigenvalue weighted by molar-refractivity contribution is -0.115. The molecule has 0 saturated carbocycles. The molecule has 0 saturated heterocycles. The molecule has 1 heterocycles. The molecule has 0 fully saturated rings. The van der Waals surface area contributed by atoms with Gasteiger partial charge in [-0.2, -0.15) is 4.98 Å². The van der Waals surface area contributed by atoms with E-state index in [4.69, 9.17) is 5.73 Å². The maximum Gasteiger partial charge on any atom is 0.293 e. The number of nitrogens with zero attached hydrogens (tertiary/aromatic N) is 2. The largest absolute Gasteiger partial charge is 0.366 e. The third-order valence-corrected chi connectivity index (χ3v) is 2.44. The minimum absolute atomic E-state index is 0.000824. The number of amides is 2. The molecule has 0 spiro atoms. The molecule has 0 aliphatic heterocycles. The molecule has 1 aromatic heterocycles. The van der Waals surface area contributed by atoms with Gasteiger partial charge in [-0.05, 0) is 18.2 Å². The van der Waals surface area contributed by atoms with Crippen molar-refractivity contribution < 1.29 is 9.59 Å². The molecule has 2 amide bonds. The molecule has 0 atom stereocenters. The summed E-state index contributed by atoms with van der Waals surface area (Å²) in [7, 11) is 0. The van der Waals surface area contributed by atoms with E-state index in [-0.39, 0.29) is 17.7 Å². The van der Waals surface area contributed by atoms with Crippen LogP contribution in [0.5, 0.6) is 0 Å². The fourth-order valence-corrected chi connectivity index (χ4v) is 1.49. The van der Waals surface area contributed by atoms with E-state index in [1.807, 2.05) is 0 Å². The summed E-state index contributed by atoms with van der Waals surface area (Å²) in [6.45, 7) is 1.76. The average molecular weight is 274 g/mol. The molecular formula is C12H14N6O2. The second-order valence-electron chi connectivity index (χ2n) is 3.98. The summed E-state index contributed by atoms with van der Waals surface area (Å²) in [5.74, 6) is -0.547. The number of H-pyrrole nitrogens is 1. The third-order valence-electron chi connectivity index (χ3n) is 2.44. The normalized spacial score (nSPS) is 10.1. The van der Waals surface area contributed by atoms with Crippen molar-refractivity contribution in [2.75, 3.05) is 16.4 Å². The van der Waals surface area contributed by atoms with Gasteiger partial charge < -0.3 is 16.4 Å². The van der Waals surface area contributed by atoms with Crippen LogP contribution in [-0.4, -0.2) is 27.0 Å². The summed E-state index contributed by atoms with van der Waals surface area (Å²) in [5.41, 5.74) is 6.45. The molecule has 2 rings (SSSR count). The van der Waals surface area contributed by atoms with E-state index in [0.29, 0.717) is 17.8 Å². The lowest BCUT2D eigenvalue weighted by atomic mass is 10.2. The topological polar surface area (TPSA) is 126 Å². The summed E-state index contributed by atoms with van der Waals surface area (Å²) >= 11 is 0. The first-order chi connectivity index (χ1) is 9.58. The number of aromatic amines is 1. The SMILES string of the molecule is CCC(=O)Nc1cccc(NC(=O)c2nc(N)n[nH]2)c1. The van der Waals surface area contributed by atoms with Gasteiger partial charge >= 0.3 is 0 Å². The molecule has 0 bridgehead atoms. The van der Waals surface area contributed by atoms with E-state index in [9.17, 15) is 9.59 Å². The number of hydrogen-bond acceptors (Lipinski definition) is 5. The van der Waals surface area contributed by atoms with E-state index < -0.39 is 5.91 Å². The number of carbonyl (C=O) groups excluding carboxylic acids is 2. The molecule has 0 unspecified atom stereocenters. The number of nitrogen functional groups attached to an aromatic ring is 1. The molecule has 8 nitrogen and oxygen atoms in total. The Balaban J connectivity index is 2.08. The predicted octanol–water partition coefficient (Wildman–Crippen LogP) is 0.988. The fraction of sp³-hybridized carbons (Fsp3) is 0.167. The molecule has 1 aromatic carbocycles. The lowest BCUT2D eigenvalue weighted by Crippen LogP contribution is -2.14. The van der Waals surface area contributed by atoms with Gasteiger partial charge in [0.05, 0.1) is 0 Å². The zero-order valence-corrected chi connectivity index (χ0v) is 10.8. The molecule has 0 aliphatic carbocycles. The minimum atomic E-state index is -0.465. The summed E-state index contributed by atoms with van der Waals surface area (Å²) in [6.07, 6.45) is 0.383. The molecule has 0 aliphatic rings. The Hall–Kier alpha value is -2.90. The quantitative estimate of drug-likeness (QED) is 0.661. The second kappa shape index (κ2) is 5.83. The highest BCUT2D eigenvalue weighted by Crippen LogP contribution is 2.15. The van der Waals surface area contributed by atoms with Gasteiger partial charge in [-0.1, -0.05) is 13.0 Å². The molecule has 20 heavy (non-hydrogen) atoms. The number of aromatic nitrogens is 3. The first-order valence-corrected chi connectivity index (χ1v) is 5.97. The smallest absolute Gasteiger partial charge is 0.293 e. The molecule has 104 valence electrons. The third kappa shape index (κ3) is 3.31. The number of anilines is 3. The highest BCUT2D eigenvalue weighted by atomic mass is 16.2. The Labute approximate surface area is 114 Å². The van der Waals surface area contributed by atoms with Crippen molar-refractivity contribution in [3.63, 3.8) is 0 Å². The number of carbonyl (C=O) groups is 2. The van der Waals surface area contributed by atoms with Gasteiger partial charge in [0.25, 0.3) is 5.91 Å². The van der Waals surface area contributed by atoms with Crippen LogP contribution in [0.15, 0.2) is 24.3 Å². The number of nitrogens with one attached hydrogen (secondary N) is 3. The predicted molar refractivity (Wildman–Crippen MR) is 74.1 cm³/mol. The van der Waals surface area contributed by atoms with Gasteiger partial charge in [0.2, 0.25) is 17.7 Å². The first kappa shape index (κ1) is 13.5. The first-order valence-electron chi connectivity index (χ1n) is 5.97. The van der Waals surface area contributed by atoms with Crippen molar-refractivity contribution in [2.24, 2.45) is 0 Å². The second-order valence-corrected chi connectivity index (χ2v) is 3.98. The summed E-state index contributed by atoms with van der Waals surface area (Å²) < 4.78 is 0. The summed E-state index contributed by atoms with van der Waals surface area (Å²) in [4.78, 5) is 26.9. The van der Waals surface area contributed by atoms with Crippen molar-refractivity contribution in [3.05, 3.63) is 30.1 Å². The van der Waals surface area contributed by atoms with Crippen molar-refractivity contribution in [2.45, 2.75) is 13.3 Å². The van der Waals surface area contributed by atoms with Gasteiger partial charge in [0.1, 0.15) is 0 Å². The van der Waals surface area contributed by atoms with Crippen LogP contribution in [0.25, 0.3) is 0 Å². The lowest BCUT2D eigenvalue weighted by Gasteiger charge is -2.07.